The highest BCUT2D eigenvalue weighted by molar-refractivity contribution is 5.81. The van der Waals surface area contributed by atoms with E-state index in [1.807, 2.05) is 24.2 Å². The van der Waals surface area contributed by atoms with Crippen molar-refractivity contribution in [3.05, 3.63) is 12.3 Å². The molecule has 0 saturated carbocycles. The minimum absolute atomic E-state index is 0.00926. The van der Waals surface area contributed by atoms with E-state index in [1.165, 1.54) is 12.2 Å². The van der Waals surface area contributed by atoms with E-state index in [-0.39, 0.29) is 11.9 Å². The van der Waals surface area contributed by atoms with E-state index in [0.717, 1.165) is 6.42 Å². The second-order valence-corrected chi connectivity index (χ2v) is 2.82. The number of hydrogen-bond donors (Lipinski definition) is 0. The standard InChI is InChI=1S/C8H14N2O2/c1-9-6-4-5-7(9)8(11)10(2)12-3/h4,6-7H,5H2,1-3H3. The van der Waals surface area contributed by atoms with Crippen LogP contribution in [0, 0.1) is 0 Å². The maximum absolute atomic E-state index is 11.5. The van der Waals surface area contributed by atoms with Crippen molar-refractivity contribution in [2.24, 2.45) is 0 Å². The fourth-order valence-electron chi connectivity index (χ4n) is 1.20. The van der Waals surface area contributed by atoms with Gasteiger partial charge in [-0.05, 0) is 12.6 Å². The second-order valence-electron chi connectivity index (χ2n) is 2.82. The molecule has 0 aromatic carbocycles. The first kappa shape index (κ1) is 9.06. The summed E-state index contributed by atoms with van der Waals surface area (Å²) in [7, 11) is 4.99. The topological polar surface area (TPSA) is 32.8 Å². The van der Waals surface area contributed by atoms with Gasteiger partial charge in [-0.1, -0.05) is 6.08 Å². The first-order chi connectivity index (χ1) is 5.66. The normalized spacial score (nSPS) is 21.6. The summed E-state index contributed by atoms with van der Waals surface area (Å²) in [6, 6.07) is -0.0880. The first-order valence-electron chi connectivity index (χ1n) is 3.87. The van der Waals surface area contributed by atoms with E-state index in [4.69, 9.17) is 4.84 Å². The Morgan fingerprint density at radius 1 is 1.75 bits per heavy atom. The molecule has 1 aliphatic heterocycles. The highest BCUT2D eigenvalue weighted by Gasteiger charge is 2.26. The van der Waals surface area contributed by atoms with Crippen molar-refractivity contribution in [3.63, 3.8) is 0 Å². The Kier molecular flexibility index (Phi) is 2.70. The molecule has 1 amide bonds. The highest BCUT2D eigenvalue weighted by atomic mass is 16.7. The SMILES string of the molecule is CON(C)C(=O)C1CC=CN1C. The van der Waals surface area contributed by atoms with Crippen molar-refractivity contribution < 1.29 is 9.63 Å². The van der Waals surface area contributed by atoms with E-state index >= 15 is 0 Å². The molecule has 1 unspecified atom stereocenters. The summed E-state index contributed by atoms with van der Waals surface area (Å²) in [6.45, 7) is 0. The number of nitrogens with zero attached hydrogens (tertiary/aromatic N) is 2. The zero-order valence-electron chi connectivity index (χ0n) is 7.65. The number of rotatable bonds is 2. The molecule has 68 valence electrons. The van der Waals surface area contributed by atoms with Gasteiger partial charge < -0.3 is 4.90 Å². The van der Waals surface area contributed by atoms with Gasteiger partial charge in [0.1, 0.15) is 6.04 Å². The van der Waals surface area contributed by atoms with E-state index in [2.05, 4.69) is 0 Å². The van der Waals surface area contributed by atoms with Crippen LogP contribution in [0.4, 0.5) is 0 Å². The smallest absolute Gasteiger partial charge is 0.268 e. The van der Waals surface area contributed by atoms with Crippen molar-refractivity contribution in [1.82, 2.24) is 9.96 Å². The summed E-state index contributed by atoms with van der Waals surface area (Å²) in [4.78, 5) is 18.2. The largest absolute Gasteiger partial charge is 0.369 e. The van der Waals surface area contributed by atoms with E-state index < -0.39 is 0 Å². The second kappa shape index (κ2) is 3.58. The average Bonchev–Trinajstić information content (AvgIpc) is 2.48. The van der Waals surface area contributed by atoms with Gasteiger partial charge in [-0.3, -0.25) is 9.63 Å². The Morgan fingerprint density at radius 2 is 2.42 bits per heavy atom. The van der Waals surface area contributed by atoms with Gasteiger partial charge >= 0.3 is 0 Å². The van der Waals surface area contributed by atoms with Crippen LogP contribution in [-0.4, -0.2) is 43.1 Å². The van der Waals surface area contributed by atoms with Gasteiger partial charge in [-0.2, -0.15) is 0 Å². The van der Waals surface area contributed by atoms with Crippen LogP contribution >= 0.6 is 0 Å². The molecule has 1 atom stereocenters. The minimum atomic E-state index is -0.0880. The van der Waals surface area contributed by atoms with Crippen LogP contribution in [0.15, 0.2) is 12.3 Å². The molecule has 0 radical (unpaired) electrons. The molecule has 0 saturated heterocycles. The van der Waals surface area contributed by atoms with Gasteiger partial charge in [0, 0.05) is 14.1 Å². The third-order valence-electron chi connectivity index (χ3n) is 2.06. The van der Waals surface area contributed by atoms with Crippen molar-refractivity contribution in [3.8, 4) is 0 Å². The van der Waals surface area contributed by atoms with Crippen LogP contribution in [0.1, 0.15) is 6.42 Å². The van der Waals surface area contributed by atoms with Crippen molar-refractivity contribution in [2.45, 2.75) is 12.5 Å². The lowest BCUT2D eigenvalue weighted by Crippen LogP contribution is -2.41. The third kappa shape index (κ3) is 1.58. The summed E-state index contributed by atoms with van der Waals surface area (Å²) >= 11 is 0. The lowest BCUT2D eigenvalue weighted by molar-refractivity contribution is -0.172. The van der Waals surface area contributed by atoms with Gasteiger partial charge in [0.25, 0.3) is 5.91 Å². The molecule has 12 heavy (non-hydrogen) atoms. The molecule has 0 aliphatic carbocycles. The predicted octanol–water partition coefficient (Wildman–Crippen LogP) is 0.224. The monoisotopic (exact) mass is 170 g/mol. The van der Waals surface area contributed by atoms with Gasteiger partial charge in [-0.25, -0.2) is 5.06 Å². The predicted molar refractivity (Wildman–Crippen MR) is 45.1 cm³/mol. The molecule has 0 bridgehead atoms. The molecule has 0 aromatic heterocycles. The Morgan fingerprint density at radius 3 is 2.83 bits per heavy atom. The Balaban J connectivity index is 2.53. The number of carbonyl (C=O) groups is 1. The van der Waals surface area contributed by atoms with Gasteiger partial charge in [0.2, 0.25) is 0 Å². The van der Waals surface area contributed by atoms with Gasteiger partial charge in [0.15, 0.2) is 0 Å². The van der Waals surface area contributed by atoms with Crippen LogP contribution < -0.4 is 0 Å². The fourth-order valence-corrected chi connectivity index (χ4v) is 1.20. The summed E-state index contributed by atoms with van der Waals surface area (Å²) in [5.41, 5.74) is 0. The van der Waals surface area contributed by atoms with Crippen LogP contribution in [0.3, 0.4) is 0 Å². The maximum Gasteiger partial charge on any atom is 0.268 e. The maximum atomic E-state index is 11.5. The number of carbonyl (C=O) groups excluding carboxylic acids is 1. The molecular formula is C8H14N2O2. The molecular weight excluding hydrogens is 156 g/mol. The van der Waals surface area contributed by atoms with Crippen LogP contribution in [0.5, 0.6) is 0 Å². The van der Waals surface area contributed by atoms with Gasteiger partial charge in [-0.15, -0.1) is 0 Å². The molecule has 0 spiro atoms. The third-order valence-corrected chi connectivity index (χ3v) is 2.06. The molecule has 4 nitrogen and oxygen atoms in total. The summed E-state index contributed by atoms with van der Waals surface area (Å²) < 4.78 is 0. The number of likely N-dealkylation sites (N-methyl/N-ethyl adjacent to an activating group) is 2. The Labute approximate surface area is 72.3 Å². The number of hydrogen-bond acceptors (Lipinski definition) is 3. The van der Waals surface area contributed by atoms with Crippen molar-refractivity contribution in [2.75, 3.05) is 21.2 Å². The fraction of sp³-hybridized carbons (Fsp3) is 0.625. The van der Waals surface area contributed by atoms with Crippen LogP contribution in [-0.2, 0) is 9.63 Å². The van der Waals surface area contributed by atoms with E-state index in [1.54, 1.807) is 7.05 Å². The minimum Gasteiger partial charge on any atom is -0.369 e. The quantitative estimate of drug-likeness (QED) is 0.556. The zero-order valence-corrected chi connectivity index (χ0v) is 7.65. The molecule has 0 fully saturated rings. The molecule has 1 aliphatic rings. The number of hydroxylamine groups is 2. The zero-order chi connectivity index (χ0) is 9.14. The Bertz CT molecular complexity index is 203. The summed E-state index contributed by atoms with van der Waals surface area (Å²) in [5.74, 6) is -0.00926. The summed E-state index contributed by atoms with van der Waals surface area (Å²) in [5, 5.41) is 1.26. The first-order valence-corrected chi connectivity index (χ1v) is 3.87. The molecule has 1 rings (SSSR count). The highest BCUT2D eigenvalue weighted by Crippen LogP contribution is 2.13. The molecule has 1 heterocycles. The van der Waals surface area contributed by atoms with Crippen molar-refractivity contribution >= 4 is 5.91 Å². The Hall–Kier alpha value is -1.03. The van der Waals surface area contributed by atoms with E-state index in [0.29, 0.717) is 0 Å². The van der Waals surface area contributed by atoms with Crippen LogP contribution in [0.2, 0.25) is 0 Å². The number of amides is 1. The average molecular weight is 170 g/mol. The molecule has 0 aromatic rings. The summed E-state index contributed by atoms with van der Waals surface area (Å²) in [6.07, 6.45) is 4.65. The van der Waals surface area contributed by atoms with E-state index in [9.17, 15) is 4.79 Å². The van der Waals surface area contributed by atoms with Crippen LogP contribution in [0.25, 0.3) is 0 Å². The lowest BCUT2D eigenvalue weighted by atomic mass is 10.2. The molecule has 4 heteroatoms. The van der Waals surface area contributed by atoms with Crippen molar-refractivity contribution in [1.29, 1.82) is 0 Å². The lowest BCUT2D eigenvalue weighted by Gasteiger charge is -2.23. The van der Waals surface area contributed by atoms with Gasteiger partial charge in [0.05, 0.1) is 7.11 Å². The molecule has 0 N–H and O–H groups in total.